The van der Waals surface area contributed by atoms with Crippen LogP contribution >= 0.6 is 0 Å². The molecule has 43 heavy (non-hydrogen) atoms. The number of carboxylic acid groups (broad SMARTS) is 1. The van der Waals surface area contributed by atoms with Crippen LogP contribution < -0.4 is 14.6 Å². The number of carbonyl (C=O) groups is 1. The summed E-state index contributed by atoms with van der Waals surface area (Å²) in [5.41, 5.74) is 4.98. The van der Waals surface area contributed by atoms with Crippen molar-refractivity contribution in [2.75, 3.05) is 0 Å². The van der Waals surface area contributed by atoms with Crippen molar-refractivity contribution < 1.29 is 19.4 Å². The predicted octanol–water partition coefficient (Wildman–Crippen LogP) is 6.78. The molecule has 6 rings (SSSR count). The van der Waals surface area contributed by atoms with Gasteiger partial charge in [-0.05, 0) is 72.5 Å². The minimum atomic E-state index is -1.07. The molecular weight excluding hydrogens is 536 g/mol. The summed E-state index contributed by atoms with van der Waals surface area (Å²) in [6, 6.07) is 39.7. The molecule has 0 saturated heterocycles. The molecule has 6 nitrogen and oxygen atoms in total. The highest BCUT2D eigenvalue weighted by molar-refractivity contribution is 5.79. The first-order valence-electron chi connectivity index (χ1n) is 14.3. The molecule has 214 valence electrons. The van der Waals surface area contributed by atoms with E-state index in [9.17, 15) is 9.90 Å². The first kappa shape index (κ1) is 27.9. The molecule has 0 aliphatic heterocycles. The van der Waals surface area contributed by atoms with Gasteiger partial charge in [0, 0.05) is 22.2 Å². The first-order valence-corrected chi connectivity index (χ1v) is 14.3. The molecule has 0 aliphatic rings. The third-order valence-electron chi connectivity index (χ3n) is 7.90. The molecule has 2 aromatic heterocycles. The highest BCUT2D eigenvalue weighted by Gasteiger charge is 2.29. The molecule has 2 heterocycles. The normalized spacial score (nSPS) is 11.5. The summed E-state index contributed by atoms with van der Waals surface area (Å²) in [6.45, 7) is 2.75. The second-order valence-electron chi connectivity index (χ2n) is 10.8. The Labute approximate surface area is 250 Å². The third-order valence-corrected chi connectivity index (χ3v) is 7.90. The number of aromatic nitrogens is 2. The van der Waals surface area contributed by atoms with Crippen LogP contribution in [-0.4, -0.2) is 15.9 Å². The van der Waals surface area contributed by atoms with E-state index in [1.165, 1.54) is 0 Å². The number of pyridine rings is 2. The smallest absolute Gasteiger partial charge is 0.130 e. The number of benzene rings is 4. The molecule has 0 spiro atoms. The number of rotatable bonds is 11. The SMILES string of the molecule is CC(CCC(=O)[O-])(c1ccc(OCc2ccc3ccccc3n2)cc1)c1ccc(OCc2ccc3ccccc3n2)cc1. The van der Waals surface area contributed by atoms with Crippen LogP contribution in [0.4, 0.5) is 0 Å². The van der Waals surface area contributed by atoms with Crippen molar-refractivity contribution in [3.63, 3.8) is 0 Å². The van der Waals surface area contributed by atoms with E-state index in [0.717, 1.165) is 44.3 Å². The van der Waals surface area contributed by atoms with Crippen molar-refractivity contribution in [3.05, 3.63) is 144 Å². The summed E-state index contributed by atoms with van der Waals surface area (Å²) in [5.74, 6) is 0.357. The van der Waals surface area contributed by atoms with E-state index in [1.54, 1.807) is 0 Å². The van der Waals surface area contributed by atoms with Crippen LogP contribution in [0, 0.1) is 0 Å². The number of fused-ring (bicyclic) bond motifs is 2. The van der Waals surface area contributed by atoms with Gasteiger partial charge >= 0.3 is 0 Å². The van der Waals surface area contributed by atoms with Gasteiger partial charge in [0.2, 0.25) is 0 Å². The monoisotopic (exact) mass is 567 g/mol. The van der Waals surface area contributed by atoms with Gasteiger partial charge in [-0.15, -0.1) is 0 Å². The van der Waals surface area contributed by atoms with Gasteiger partial charge in [-0.1, -0.05) is 79.7 Å². The Kier molecular flexibility index (Phi) is 8.01. The van der Waals surface area contributed by atoms with Crippen LogP contribution in [0.2, 0.25) is 0 Å². The molecule has 4 aromatic carbocycles. The van der Waals surface area contributed by atoms with Crippen molar-refractivity contribution in [1.82, 2.24) is 9.97 Å². The molecule has 0 unspecified atom stereocenters. The van der Waals surface area contributed by atoms with Crippen LogP contribution in [-0.2, 0) is 23.4 Å². The fourth-order valence-corrected chi connectivity index (χ4v) is 5.34. The number of carboxylic acids is 1. The lowest BCUT2D eigenvalue weighted by atomic mass is 9.73. The summed E-state index contributed by atoms with van der Waals surface area (Å²) < 4.78 is 12.1. The van der Waals surface area contributed by atoms with Crippen LogP contribution in [0.1, 0.15) is 42.3 Å². The number of para-hydroxylation sites is 2. The average Bonchev–Trinajstić information content (AvgIpc) is 3.05. The summed E-state index contributed by atoms with van der Waals surface area (Å²) in [4.78, 5) is 20.8. The van der Waals surface area contributed by atoms with Crippen LogP contribution in [0.25, 0.3) is 21.8 Å². The van der Waals surface area contributed by atoms with E-state index in [1.807, 2.05) is 121 Å². The first-order chi connectivity index (χ1) is 21.0. The number of carbonyl (C=O) groups excluding carboxylic acids is 1. The van der Waals surface area contributed by atoms with E-state index in [0.29, 0.717) is 31.1 Å². The summed E-state index contributed by atoms with van der Waals surface area (Å²) in [5, 5.41) is 13.6. The molecule has 0 aliphatic carbocycles. The van der Waals surface area contributed by atoms with E-state index >= 15 is 0 Å². The number of ether oxygens (including phenoxy) is 2. The minimum Gasteiger partial charge on any atom is -0.550 e. The zero-order valence-corrected chi connectivity index (χ0v) is 23.9. The van der Waals surface area contributed by atoms with Gasteiger partial charge in [0.15, 0.2) is 0 Å². The minimum absolute atomic E-state index is 0.0612. The van der Waals surface area contributed by atoms with Gasteiger partial charge in [0.25, 0.3) is 0 Å². The van der Waals surface area contributed by atoms with Gasteiger partial charge in [-0.25, -0.2) is 9.97 Å². The maximum absolute atomic E-state index is 11.5. The Balaban J connectivity index is 1.15. The lowest BCUT2D eigenvalue weighted by molar-refractivity contribution is -0.306. The molecule has 6 aromatic rings. The van der Waals surface area contributed by atoms with Gasteiger partial charge < -0.3 is 19.4 Å². The van der Waals surface area contributed by atoms with Crippen molar-refractivity contribution in [2.24, 2.45) is 0 Å². The summed E-state index contributed by atoms with van der Waals surface area (Å²) >= 11 is 0. The molecular formula is C37H31N2O4-. The van der Waals surface area contributed by atoms with Gasteiger partial charge in [-0.2, -0.15) is 0 Å². The number of nitrogens with zero attached hydrogens (tertiary/aromatic N) is 2. The zero-order valence-electron chi connectivity index (χ0n) is 23.9. The van der Waals surface area contributed by atoms with E-state index in [-0.39, 0.29) is 6.42 Å². The lowest BCUT2D eigenvalue weighted by Gasteiger charge is -2.32. The maximum atomic E-state index is 11.5. The Morgan fingerprint density at radius 1 is 0.628 bits per heavy atom. The second kappa shape index (κ2) is 12.3. The molecule has 0 bridgehead atoms. The Morgan fingerprint density at radius 3 is 1.51 bits per heavy atom. The van der Waals surface area contributed by atoms with Crippen LogP contribution in [0.15, 0.2) is 121 Å². The Bertz CT molecular complexity index is 1740. The Morgan fingerprint density at radius 2 is 1.07 bits per heavy atom. The molecule has 0 amide bonds. The molecule has 0 saturated carbocycles. The standard InChI is InChI=1S/C37H32N2O4/c1-37(23-22-36(40)41,28-12-18-32(19-13-28)42-24-30-16-10-26-6-2-4-8-34(26)38-30)29-14-20-33(21-15-29)43-25-31-17-11-27-7-3-5-9-35(27)39-31/h2-21H,22-25H2,1H3,(H,40,41)/p-1. The maximum Gasteiger partial charge on any atom is 0.130 e. The van der Waals surface area contributed by atoms with Crippen molar-refractivity contribution in [1.29, 1.82) is 0 Å². The molecule has 0 fully saturated rings. The number of hydrogen-bond donors (Lipinski definition) is 0. The summed E-state index contributed by atoms with van der Waals surface area (Å²) in [6.07, 6.45) is 0.325. The fraction of sp³-hybridized carbons (Fsp3) is 0.162. The highest BCUT2D eigenvalue weighted by Crippen LogP contribution is 2.38. The third kappa shape index (κ3) is 6.49. The topological polar surface area (TPSA) is 84.4 Å². The van der Waals surface area contributed by atoms with Gasteiger partial charge in [0.05, 0.1) is 22.4 Å². The van der Waals surface area contributed by atoms with Crippen molar-refractivity contribution >= 4 is 27.8 Å². The highest BCUT2D eigenvalue weighted by atomic mass is 16.5. The largest absolute Gasteiger partial charge is 0.550 e. The molecule has 0 N–H and O–H groups in total. The molecule has 0 atom stereocenters. The lowest BCUT2D eigenvalue weighted by Crippen LogP contribution is -2.29. The van der Waals surface area contributed by atoms with Crippen molar-refractivity contribution in [2.45, 2.75) is 38.4 Å². The van der Waals surface area contributed by atoms with E-state index in [4.69, 9.17) is 9.47 Å². The zero-order chi connectivity index (χ0) is 29.6. The van der Waals surface area contributed by atoms with Crippen LogP contribution in [0.5, 0.6) is 11.5 Å². The average molecular weight is 568 g/mol. The molecule has 0 radical (unpaired) electrons. The quantitative estimate of drug-likeness (QED) is 0.172. The van der Waals surface area contributed by atoms with Gasteiger partial charge in [0.1, 0.15) is 24.7 Å². The molecule has 6 heteroatoms. The van der Waals surface area contributed by atoms with Crippen molar-refractivity contribution in [3.8, 4) is 11.5 Å². The fourth-order valence-electron chi connectivity index (χ4n) is 5.34. The number of hydrogen-bond acceptors (Lipinski definition) is 6. The Hall–Kier alpha value is -5.23. The number of aliphatic carboxylic acids is 1. The second-order valence-corrected chi connectivity index (χ2v) is 10.8. The van der Waals surface area contributed by atoms with E-state index < -0.39 is 11.4 Å². The van der Waals surface area contributed by atoms with Gasteiger partial charge in [-0.3, -0.25) is 0 Å². The summed E-state index contributed by atoms with van der Waals surface area (Å²) in [7, 11) is 0. The van der Waals surface area contributed by atoms with E-state index in [2.05, 4.69) is 16.9 Å². The van der Waals surface area contributed by atoms with Crippen LogP contribution in [0.3, 0.4) is 0 Å². The predicted molar refractivity (Wildman–Crippen MR) is 166 cm³/mol.